The Morgan fingerprint density at radius 3 is 1.96 bits per heavy atom. The van der Waals surface area contributed by atoms with Crippen molar-refractivity contribution in [3.05, 3.63) is 65.2 Å². The van der Waals surface area contributed by atoms with Gasteiger partial charge < -0.3 is 4.74 Å². The average molecular weight is 333 g/mol. The predicted molar refractivity (Wildman–Crippen MR) is 83.6 cm³/mol. The van der Waals surface area contributed by atoms with E-state index in [1.807, 2.05) is 11.6 Å². The second kappa shape index (κ2) is 6.62. The topological polar surface area (TPSA) is 89.5 Å². The average Bonchev–Trinajstić information content (AvgIpc) is 2.54. The number of hydrogen-bond donors (Lipinski definition) is 1. The van der Waals surface area contributed by atoms with E-state index in [2.05, 4.69) is 4.74 Å². The minimum atomic E-state index is -3.95. The van der Waals surface area contributed by atoms with Gasteiger partial charge in [-0.1, -0.05) is 17.7 Å². The molecule has 6 nitrogen and oxygen atoms in total. The second-order valence-corrected chi connectivity index (χ2v) is 6.50. The van der Waals surface area contributed by atoms with Crippen molar-refractivity contribution in [1.29, 1.82) is 0 Å². The minimum absolute atomic E-state index is 0.00244. The molecule has 0 fully saturated rings. The zero-order valence-electron chi connectivity index (χ0n) is 12.6. The van der Waals surface area contributed by atoms with E-state index in [-0.39, 0.29) is 16.0 Å². The van der Waals surface area contributed by atoms with Crippen molar-refractivity contribution in [1.82, 2.24) is 4.72 Å². The molecule has 0 unspecified atom stereocenters. The first-order valence-corrected chi connectivity index (χ1v) is 8.14. The molecule has 2 aromatic rings. The number of rotatable bonds is 4. The van der Waals surface area contributed by atoms with Crippen molar-refractivity contribution >= 4 is 21.9 Å². The Morgan fingerprint density at radius 1 is 0.913 bits per heavy atom. The predicted octanol–water partition coefficient (Wildman–Crippen LogP) is 1.90. The Hall–Kier alpha value is -2.67. The van der Waals surface area contributed by atoms with Gasteiger partial charge in [0.2, 0.25) is 0 Å². The van der Waals surface area contributed by atoms with Crippen LogP contribution in [0.5, 0.6) is 0 Å². The van der Waals surface area contributed by atoms with E-state index in [1.54, 1.807) is 12.1 Å². The standard InChI is InChI=1S/C16H15NO5S/c1-11-3-9-14(10-4-11)23(20,21)17-15(18)12-5-7-13(8-6-12)16(19)22-2/h3-10H,1-2H3,(H,17,18). The Balaban J connectivity index is 2.18. The molecule has 7 heteroatoms. The van der Waals surface area contributed by atoms with Crippen LogP contribution >= 0.6 is 0 Å². The van der Waals surface area contributed by atoms with Crippen molar-refractivity contribution in [2.75, 3.05) is 7.11 Å². The Morgan fingerprint density at radius 2 is 1.43 bits per heavy atom. The van der Waals surface area contributed by atoms with Gasteiger partial charge in [0.1, 0.15) is 0 Å². The van der Waals surface area contributed by atoms with Crippen LogP contribution in [0, 0.1) is 6.92 Å². The summed E-state index contributed by atoms with van der Waals surface area (Å²) in [6.45, 7) is 1.83. The molecule has 0 spiro atoms. The highest BCUT2D eigenvalue weighted by Crippen LogP contribution is 2.11. The van der Waals surface area contributed by atoms with Gasteiger partial charge in [-0.05, 0) is 43.3 Å². The number of benzene rings is 2. The van der Waals surface area contributed by atoms with E-state index in [0.29, 0.717) is 0 Å². The normalized spacial score (nSPS) is 10.9. The number of hydrogen-bond acceptors (Lipinski definition) is 5. The summed E-state index contributed by atoms with van der Waals surface area (Å²) in [5.41, 5.74) is 1.30. The van der Waals surface area contributed by atoms with Gasteiger partial charge in [0.25, 0.3) is 15.9 Å². The molecule has 0 saturated carbocycles. The van der Waals surface area contributed by atoms with Gasteiger partial charge in [-0.2, -0.15) is 0 Å². The summed E-state index contributed by atoms with van der Waals surface area (Å²) in [6, 6.07) is 11.6. The van der Waals surface area contributed by atoms with Crippen LogP contribution in [0.1, 0.15) is 26.3 Å². The van der Waals surface area contributed by atoms with E-state index >= 15 is 0 Å². The molecule has 0 bridgehead atoms. The molecule has 0 aromatic heterocycles. The molecule has 0 heterocycles. The van der Waals surface area contributed by atoms with Crippen molar-refractivity contribution in [2.45, 2.75) is 11.8 Å². The Kier molecular flexibility index (Phi) is 4.80. The van der Waals surface area contributed by atoms with Crippen LogP contribution in [-0.4, -0.2) is 27.4 Å². The number of sulfonamides is 1. The number of ether oxygens (including phenoxy) is 1. The summed E-state index contributed by atoms with van der Waals surface area (Å²) in [4.78, 5) is 23.4. The van der Waals surface area contributed by atoms with Gasteiger partial charge >= 0.3 is 5.97 Å². The van der Waals surface area contributed by atoms with Crippen molar-refractivity contribution in [3.63, 3.8) is 0 Å². The lowest BCUT2D eigenvalue weighted by Gasteiger charge is -2.07. The van der Waals surface area contributed by atoms with E-state index in [1.165, 1.54) is 43.5 Å². The maximum atomic E-state index is 12.1. The number of esters is 1. The number of aryl methyl sites for hydroxylation is 1. The quantitative estimate of drug-likeness (QED) is 0.863. The third kappa shape index (κ3) is 3.95. The molecule has 0 aliphatic rings. The summed E-state index contributed by atoms with van der Waals surface area (Å²) in [5.74, 6) is -1.31. The maximum Gasteiger partial charge on any atom is 0.337 e. The molecule has 23 heavy (non-hydrogen) atoms. The molecule has 0 aliphatic carbocycles. The van der Waals surface area contributed by atoms with Crippen LogP contribution in [-0.2, 0) is 14.8 Å². The van der Waals surface area contributed by atoms with Crippen LogP contribution in [0.2, 0.25) is 0 Å². The van der Waals surface area contributed by atoms with E-state index < -0.39 is 21.9 Å². The highest BCUT2D eigenvalue weighted by molar-refractivity contribution is 7.90. The van der Waals surface area contributed by atoms with Gasteiger partial charge in [0.05, 0.1) is 17.6 Å². The SMILES string of the molecule is COC(=O)c1ccc(C(=O)NS(=O)(=O)c2ccc(C)cc2)cc1. The smallest absolute Gasteiger partial charge is 0.337 e. The summed E-state index contributed by atoms with van der Waals surface area (Å²) < 4.78 is 30.8. The molecule has 0 atom stereocenters. The molecule has 2 rings (SSSR count). The van der Waals surface area contributed by atoms with Crippen LogP contribution in [0.3, 0.4) is 0 Å². The number of amides is 1. The van der Waals surface area contributed by atoms with Gasteiger partial charge in [-0.3, -0.25) is 4.79 Å². The molecule has 1 amide bonds. The molecule has 0 saturated heterocycles. The highest BCUT2D eigenvalue weighted by atomic mass is 32.2. The van der Waals surface area contributed by atoms with Crippen LogP contribution in [0.4, 0.5) is 0 Å². The molecular formula is C16H15NO5S. The summed E-state index contributed by atoms with van der Waals surface area (Å²) in [5, 5.41) is 0. The Bertz CT molecular complexity index is 824. The van der Waals surface area contributed by atoms with E-state index in [0.717, 1.165) is 5.56 Å². The van der Waals surface area contributed by atoms with E-state index in [9.17, 15) is 18.0 Å². The first kappa shape index (κ1) is 16.7. The third-order valence-electron chi connectivity index (χ3n) is 3.13. The van der Waals surface area contributed by atoms with Gasteiger partial charge in [-0.15, -0.1) is 0 Å². The minimum Gasteiger partial charge on any atom is -0.465 e. The fourth-order valence-corrected chi connectivity index (χ4v) is 2.81. The van der Waals surface area contributed by atoms with Gasteiger partial charge in [-0.25, -0.2) is 17.9 Å². The van der Waals surface area contributed by atoms with Crippen molar-refractivity contribution < 1.29 is 22.7 Å². The lowest BCUT2D eigenvalue weighted by atomic mass is 10.1. The lowest BCUT2D eigenvalue weighted by Crippen LogP contribution is -2.30. The first-order chi connectivity index (χ1) is 10.8. The zero-order chi connectivity index (χ0) is 17.0. The number of nitrogens with one attached hydrogen (secondary N) is 1. The first-order valence-electron chi connectivity index (χ1n) is 6.65. The zero-order valence-corrected chi connectivity index (χ0v) is 13.4. The van der Waals surface area contributed by atoms with Crippen LogP contribution in [0.25, 0.3) is 0 Å². The summed E-state index contributed by atoms with van der Waals surface area (Å²) in [6.07, 6.45) is 0. The fourth-order valence-electron chi connectivity index (χ4n) is 1.83. The highest BCUT2D eigenvalue weighted by Gasteiger charge is 2.18. The fraction of sp³-hybridized carbons (Fsp3) is 0.125. The lowest BCUT2D eigenvalue weighted by molar-refractivity contribution is 0.0600. The third-order valence-corrected chi connectivity index (χ3v) is 4.47. The summed E-state index contributed by atoms with van der Waals surface area (Å²) >= 11 is 0. The largest absolute Gasteiger partial charge is 0.465 e. The molecule has 120 valence electrons. The number of carbonyl (C=O) groups is 2. The maximum absolute atomic E-state index is 12.1. The molecule has 1 N–H and O–H groups in total. The van der Waals surface area contributed by atoms with Crippen LogP contribution in [0.15, 0.2) is 53.4 Å². The number of carbonyl (C=O) groups excluding carboxylic acids is 2. The monoisotopic (exact) mass is 333 g/mol. The van der Waals surface area contributed by atoms with Gasteiger partial charge in [0, 0.05) is 5.56 Å². The number of methoxy groups -OCH3 is 1. The molecular weight excluding hydrogens is 318 g/mol. The van der Waals surface area contributed by atoms with E-state index in [4.69, 9.17) is 0 Å². The molecule has 0 aliphatic heterocycles. The molecule has 2 aromatic carbocycles. The Labute approximate surface area is 134 Å². The second-order valence-electron chi connectivity index (χ2n) is 4.82. The van der Waals surface area contributed by atoms with Crippen LogP contribution < -0.4 is 4.72 Å². The summed E-state index contributed by atoms with van der Waals surface area (Å²) in [7, 11) is -2.70. The van der Waals surface area contributed by atoms with Gasteiger partial charge in [0.15, 0.2) is 0 Å². The van der Waals surface area contributed by atoms with Crippen molar-refractivity contribution in [2.24, 2.45) is 0 Å². The molecule has 0 radical (unpaired) electrons. The van der Waals surface area contributed by atoms with Crippen molar-refractivity contribution in [3.8, 4) is 0 Å².